The van der Waals surface area contributed by atoms with E-state index in [1.54, 1.807) is 18.3 Å². The van der Waals surface area contributed by atoms with Gasteiger partial charge >= 0.3 is 5.97 Å². The number of carbonyl (C=O) groups is 1. The standard InChI is InChI=1S/C16H18ClN3O2/c1-22-16(21)14-7-6-13(15(17)19-14)12-8-18-20(10-12)9-11-4-2-3-5-11/h6-8,10-11H,2-5,9H2,1H3. The summed E-state index contributed by atoms with van der Waals surface area (Å²) in [6.45, 7) is 0.950. The highest BCUT2D eigenvalue weighted by Crippen LogP contribution is 2.29. The molecule has 116 valence electrons. The van der Waals surface area contributed by atoms with E-state index in [-0.39, 0.29) is 10.8 Å². The molecule has 22 heavy (non-hydrogen) atoms. The summed E-state index contributed by atoms with van der Waals surface area (Å²) in [6.07, 6.45) is 8.98. The van der Waals surface area contributed by atoms with Crippen molar-refractivity contribution in [3.8, 4) is 11.1 Å². The maximum Gasteiger partial charge on any atom is 0.356 e. The summed E-state index contributed by atoms with van der Waals surface area (Å²) in [5.74, 6) is 0.230. The fourth-order valence-electron chi connectivity index (χ4n) is 2.93. The van der Waals surface area contributed by atoms with Crippen molar-refractivity contribution in [1.29, 1.82) is 0 Å². The van der Waals surface area contributed by atoms with Gasteiger partial charge in [0.2, 0.25) is 0 Å². The molecule has 0 spiro atoms. The van der Waals surface area contributed by atoms with E-state index in [1.165, 1.54) is 32.8 Å². The molecule has 0 aliphatic heterocycles. The second kappa shape index (κ2) is 6.48. The van der Waals surface area contributed by atoms with Crippen molar-refractivity contribution in [2.45, 2.75) is 32.2 Å². The molecule has 5 nitrogen and oxygen atoms in total. The predicted octanol–water partition coefficient (Wildman–Crippen LogP) is 3.58. The number of esters is 1. The Bertz CT molecular complexity index is 678. The van der Waals surface area contributed by atoms with Crippen LogP contribution in [0.4, 0.5) is 0 Å². The summed E-state index contributed by atoms with van der Waals surface area (Å²) in [5.41, 5.74) is 1.88. The topological polar surface area (TPSA) is 57.0 Å². The fraction of sp³-hybridized carbons (Fsp3) is 0.438. The highest BCUT2D eigenvalue weighted by atomic mass is 35.5. The molecule has 2 aromatic rings. The normalized spacial score (nSPS) is 15.2. The van der Waals surface area contributed by atoms with Crippen LogP contribution in [0.25, 0.3) is 11.1 Å². The molecule has 1 fully saturated rings. The van der Waals surface area contributed by atoms with Crippen molar-refractivity contribution in [3.05, 3.63) is 35.4 Å². The number of methoxy groups -OCH3 is 1. The van der Waals surface area contributed by atoms with Crippen LogP contribution in [0, 0.1) is 5.92 Å². The van der Waals surface area contributed by atoms with E-state index in [4.69, 9.17) is 11.6 Å². The summed E-state index contributed by atoms with van der Waals surface area (Å²) in [4.78, 5) is 15.5. The Labute approximate surface area is 134 Å². The molecule has 0 amide bonds. The summed E-state index contributed by atoms with van der Waals surface area (Å²) in [5, 5.41) is 4.69. The zero-order valence-corrected chi connectivity index (χ0v) is 13.2. The van der Waals surface area contributed by atoms with Crippen LogP contribution in [0.2, 0.25) is 5.15 Å². The third kappa shape index (κ3) is 3.14. The second-order valence-electron chi connectivity index (χ2n) is 5.63. The van der Waals surface area contributed by atoms with Gasteiger partial charge in [-0.15, -0.1) is 0 Å². The van der Waals surface area contributed by atoms with Gasteiger partial charge in [0.25, 0.3) is 0 Å². The molecule has 0 bridgehead atoms. The van der Waals surface area contributed by atoms with E-state index in [9.17, 15) is 4.79 Å². The molecule has 1 aliphatic carbocycles. The van der Waals surface area contributed by atoms with Gasteiger partial charge in [0.1, 0.15) is 10.8 Å². The largest absolute Gasteiger partial charge is 0.464 e. The zero-order chi connectivity index (χ0) is 15.5. The number of pyridine rings is 1. The fourth-order valence-corrected chi connectivity index (χ4v) is 3.19. The Morgan fingerprint density at radius 3 is 2.86 bits per heavy atom. The lowest BCUT2D eigenvalue weighted by Gasteiger charge is -2.08. The summed E-state index contributed by atoms with van der Waals surface area (Å²) < 4.78 is 6.61. The zero-order valence-electron chi connectivity index (χ0n) is 12.5. The van der Waals surface area contributed by atoms with Crippen molar-refractivity contribution in [2.75, 3.05) is 7.11 Å². The third-order valence-electron chi connectivity index (χ3n) is 4.11. The lowest BCUT2D eigenvalue weighted by molar-refractivity contribution is 0.0594. The first kappa shape index (κ1) is 15.0. The molecule has 0 aromatic carbocycles. The van der Waals surface area contributed by atoms with Crippen LogP contribution in [-0.2, 0) is 11.3 Å². The molecule has 0 saturated heterocycles. The number of carbonyl (C=O) groups excluding carboxylic acids is 1. The van der Waals surface area contributed by atoms with Gasteiger partial charge < -0.3 is 4.74 Å². The molecule has 3 rings (SSSR count). The highest BCUT2D eigenvalue weighted by molar-refractivity contribution is 6.32. The first-order valence-electron chi connectivity index (χ1n) is 7.45. The SMILES string of the molecule is COC(=O)c1ccc(-c2cnn(CC3CCCC3)c2)c(Cl)n1. The Morgan fingerprint density at radius 1 is 1.41 bits per heavy atom. The molecule has 0 unspecified atom stereocenters. The average molecular weight is 320 g/mol. The van der Waals surface area contributed by atoms with Gasteiger partial charge in [0.15, 0.2) is 0 Å². The first-order chi connectivity index (χ1) is 10.7. The minimum Gasteiger partial charge on any atom is -0.464 e. The predicted molar refractivity (Wildman–Crippen MR) is 83.8 cm³/mol. The minimum atomic E-state index is -0.495. The first-order valence-corrected chi connectivity index (χ1v) is 7.83. The molecular formula is C16H18ClN3O2. The van der Waals surface area contributed by atoms with Gasteiger partial charge in [-0.25, -0.2) is 9.78 Å². The van der Waals surface area contributed by atoms with Crippen molar-refractivity contribution in [1.82, 2.24) is 14.8 Å². The van der Waals surface area contributed by atoms with Crippen LogP contribution in [0.5, 0.6) is 0 Å². The minimum absolute atomic E-state index is 0.203. The Balaban J connectivity index is 1.79. The van der Waals surface area contributed by atoms with Crippen LogP contribution in [0.15, 0.2) is 24.5 Å². The van der Waals surface area contributed by atoms with E-state index in [2.05, 4.69) is 14.8 Å². The maximum atomic E-state index is 11.5. The number of rotatable bonds is 4. The third-order valence-corrected chi connectivity index (χ3v) is 4.40. The summed E-state index contributed by atoms with van der Waals surface area (Å²) >= 11 is 6.19. The number of ether oxygens (including phenoxy) is 1. The lowest BCUT2D eigenvalue weighted by Crippen LogP contribution is -2.07. The smallest absolute Gasteiger partial charge is 0.356 e. The molecule has 1 aliphatic rings. The van der Waals surface area contributed by atoms with E-state index < -0.39 is 5.97 Å². The molecule has 0 radical (unpaired) electrons. The number of hydrogen-bond acceptors (Lipinski definition) is 4. The van der Waals surface area contributed by atoms with Crippen LogP contribution in [0.3, 0.4) is 0 Å². The molecular weight excluding hydrogens is 302 g/mol. The molecule has 6 heteroatoms. The Morgan fingerprint density at radius 2 is 2.18 bits per heavy atom. The van der Waals surface area contributed by atoms with E-state index in [0.717, 1.165) is 23.6 Å². The Hall–Kier alpha value is -1.88. The van der Waals surface area contributed by atoms with Gasteiger partial charge in [0, 0.05) is 23.9 Å². The number of halogens is 1. The number of nitrogens with zero attached hydrogens (tertiary/aromatic N) is 3. The van der Waals surface area contributed by atoms with Crippen molar-refractivity contribution < 1.29 is 9.53 Å². The molecule has 2 aromatic heterocycles. The van der Waals surface area contributed by atoms with Crippen LogP contribution >= 0.6 is 11.6 Å². The maximum absolute atomic E-state index is 11.5. The van der Waals surface area contributed by atoms with Crippen molar-refractivity contribution in [2.24, 2.45) is 5.92 Å². The van der Waals surface area contributed by atoms with Crippen molar-refractivity contribution >= 4 is 17.6 Å². The van der Waals surface area contributed by atoms with Crippen LogP contribution < -0.4 is 0 Å². The summed E-state index contributed by atoms with van der Waals surface area (Å²) in [6, 6.07) is 3.39. The highest BCUT2D eigenvalue weighted by Gasteiger charge is 2.17. The van der Waals surface area contributed by atoms with E-state index in [1.807, 2.05) is 10.9 Å². The van der Waals surface area contributed by atoms with Crippen LogP contribution in [-0.4, -0.2) is 27.8 Å². The summed E-state index contributed by atoms with van der Waals surface area (Å²) in [7, 11) is 1.32. The van der Waals surface area contributed by atoms with Crippen LogP contribution in [0.1, 0.15) is 36.2 Å². The van der Waals surface area contributed by atoms with E-state index >= 15 is 0 Å². The molecule has 0 N–H and O–H groups in total. The molecule has 2 heterocycles. The average Bonchev–Trinajstić information content (AvgIpc) is 3.19. The number of aromatic nitrogens is 3. The molecule has 0 atom stereocenters. The van der Waals surface area contributed by atoms with Gasteiger partial charge in [-0.3, -0.25) is 4.68 Å². The van der Waals surface area contributed by atoms with Gasteiger partial charge in [0.05, 0.1) is 13.3 Å². The lowest BCUT2D eigenvalue weighted by atomic mass is 10.1. The monoisotopic (exact) mass is 319 g/mol. The van der Waals surface area contributed by atoms with Gasteiger partial charge in [-0.1, -0.05) is 24.4 Å². The second-order valence-corrected chi connectivity index (χ2v) is 5.99. The van der Waals surface area contributed by atoms with Gasteiger partial charge in [-0.05, 0) is 30.9 Å². The number of hydrogen-bond donors (Lipinski definition) is 0. The van der Waals surface area contributed by atoms with E-state index in [0.29, 0.717) is 0 Å². The molecule has 1 saturated carbocycles. The van der Waals surface area contributed by atoms with Crippen molar-refractivity contribution in [3.63, 3.8) is 0 Å². The Kier molecular flexibility index (Phi) is 4.43. The van der Waals surface area contributed by atoms with Gasteiger partial charge in [-0.2, -0.15) is 5.10 Å². The quantitative estimate of drug-likeness (QED) is 0.638.